The van der Waals surface area contributed by atoms with Crippen LogP contribution in [-0.2, 0) is 29.4 Å². The lowest BCUT2D eigenvalue weighted by Gasteiger charge is -2.30. The molecule has 0 aliphatic carbocycles. The molecule has 0 aliphatic heterocycles. The average molecular weight is 419 g/mol. The molecule has 9 nitrogen and oxygen atoms in total. The van der Waals surface area contributed by atoms with Crippen molar-refractivity contribution >= 4 is 13.8 Å². The zero-order valence-electron chi connectivity index (χ0n) is 17.1. The third kappa shape index (κ3) is 9.03. The summed E-state index contributed by atoms with van der Waals surface area (Å²) in [4.78, 5) is 10.9. The largest absolute Gasteiger partial charge is 0.504 e. The molecule has 0 saturated heterocycles. The van der Waals surface area contributed by atoms with E-state index in [1.807, 2.05) is 0 Å². The molecule has 10 heteroatoms. The Labute approximate surface area is 165 Å². The molecule has 1 rings (SSSR count). The first kappa shape index (κ1) is 24.4. The second-order valence-electron chi connectivity index (χ2n) is 8.20. The van der Waals surface area contributed by atoms with E-state index in [0.29, 0.717) is 5.56 Å². The van der Waals surface area contributed by atoms with Crippen molar-refractivity contribution < 1.29 is 37.9 Å². The summed E-state index contributed by atoms with van der Waals surface area (Å²) in [6.45, 7) is 9.71. The number of hydrogen-bond donors (Lipinski definition) is 3. The summed E-state index contributed by atoms with van der Waals surface area (Å²) < 4.78 is 34.4. The molecule has 0 aromatic heterocycles. The lowest BCUT2D eigenvalue weighted by Crippen LogP contribution is -2.32. The Morgan fingerprint density at radius 3 is 2.14 bits per heavy atom. The molecule has 0 bridgehead atoms. The van der Waals surface area contributed by atoms with Gasteiger partial charge in [0.05, 0.1) is 11.2 Å². The zero-order chi connectivity index (χ0) is 21.8. The Bertz CT molecular complexity index is 703. The zero-order valence-corrected chi connectivity index (χ0v) is 18.0. The molecule has 28 heavy (non-hydrogen) atoms. The van der Waals surface area contributed by atoms with Gasteiger partial charge in [0.1, 0.15) is 6.04 Å². The maximum absolute atomic E-state index is 12.9. The molecule has 0 amide bonds. The van der Waals surface area contributed by atoms with Gasteiger partial charge in [0.25, 0.3) is 0 Å². The summed E-state index contributed by atoms with van der Waals surface area (Å²) in [7, 11) is -3.97. The van der Waals surface area contributed by atoms with Crippen LogP contribution >= 0.6 is 7.82 Å². The number of benzene rings is 1. The molecule has 0 radical (unpaired) electrons. The highest BCUT2D eigenvalue weighted by atomic mass is 31.2. The first-order valence-corrected chi connectivity index (χ1v) is 10.2. The molecule has 0 spiro atoms. The third-order valence-corrected chi connectivity index (χ3v) is 4.96. The fraction of sp³-hybridized carbons (Fsp3) is 0.611. The van der Waals surface area contributed by atoms with Crippen LogP contribution in [0.4, 0.5) is 0 Å². The molecule has 1 atom stereocenters. The number of ether oxygens (including phenoxy) is 1. The van der Waals surface area contributed by atoms with Gasteiger partial charge in [0.2, 0.25) is 6.79 Å². The molecule has 0 saturated carbocycles. The van der Waals surface area contributed by atoms with Crippen LogP contribution < -0.4 is 10.5 Å². The number of aliphatic carboxylic acids is 1. The van der Waals surface area contributed by atoms with Crippen molar-refractivity contribution in [1.82, 2.24) is 0 Å². The van der Waals surface area contributed by atoms with E-state index in [0.717, 1.165) is 0 Å². The number of carbonyl (C=O) groups is 1. The van der Waals surface area contributed by atoms with E-state index in [2.05, 4.69) is 0 Å². The Hall–Kier alpha value is -1.64. The van der Waals surface area contributed by atoms with Crippen molar-refractivity contribution in [3.8, 4) is 11.5 Å². The van der Waals surface area contributed by atoms with Gasteiger partial charge in [-0.15, -0.1) is 0 Å². The molecule has 0 fully saturated rings. The normalized spacial score (nSPS) is 14.0. The van der Waals surface area contributed by atoms with Crippen LogP contribution in [0.25, 0.3) is 0 Å². The van der Waals surface area contributed by atoms with Crippen molar-refractivity contribution in [2.45, 2.75) is 65.2 Å². The maximum Gasteiger partial charge on any atom is 0.478 e. The van der Waals surface area contributed by atoms with Crippen LogP contribution in [0.2, 0.25) is 0 Å². The molecule has 1 unspecified atom stereocenters. The van der Waals surface area contributed by atoms with Crippen LogP contribution in [0, 0.1) is 0 Å². The van der Waals surface area contributed by atoms with E-state index in [1.54, 1.807) is 41.5 Å². The molecule has 160 valence electrons. The van der Waals surface area contributed by atoms with E-state index < -0.39 is 37.8 Å². The number of carboxylic acid groups (broad SMARTS) is 1. The lowest BCUT2D eigenvalue weighted by atomic mass is 10.1. The minimum Gasteiger partial charge on any atom is -0.504 e. The van der Waals surface area contributed by atoms with Gasteiger partial charge in [0, 0.05) is 0 Å². The monoisotopic (exact) mass is 419 g/mol. The minimum absolute atomic E-state index is 0.0214. The van der Waals surface area contributed by atoms with E-state index in [-0.39, 0.29) is 17.9 Å². The van der Waals surface area contributed by atoms with Crippen LogP contribution in [-0.4, -0.2) is 40.2 Å². The summed E-state index contributed by atoms with van der Waals surface area (Å²) in [6, 6.07) is 3.22. The molecule has 1 aromatic carbocycles. The molecular weight excluding hydrogens is 389 g/mol. The molecule has 1 aromatic rings. The average Bonchev–Trinajstić information content (AvgIpc) is 2.46. The standard InChI is InChI=1S/C18H30NO8P/c1-17(2,3)26-28(23,27-18(4,5)6)25-11-24-15-10-12(7-8-14(15)20)9-13(19)16(21)22/h7-8,10,13,20H,9,11,19H2,1-6H3,(H,21,22). The number of nitrogens with two attached hydrogens (primary N) is 1. The first-order chi connectivity index (χ1) is 12.6. The highest BCUT2D eigenvalue weighted by molar-refractivity contribution is 7.48. The highest BCUT2D eigenvalue weighted by Gasteiger charge is 2.37. The van der Waals surface area contributed by atoms with Gasteiger partial charge in [-0.25, -0.2) is 9.09 Å². The number of phenols is 1. The van der Waals surface area contributed by atoms with Gasteiger partial charge in [-0.1, -0.05) is 6.07 Å². The van der Waals surface area contributed by atoms with E-state index in [4.69, 9.17) is 29.1 Å². The number of rotatable bonds is 9. The second-order valence-corrected chi connectivity index (χ2v) is 9.71. The Balaban J connectivity index is 2.85. The topological polar surface area (TPSA) is 138 Å². The Kier molecular flexibility index (Phi) is 8.05. The highest BCUT2D eigenvalue weighted by Crippen LogP contribution is 2.55. The van der Waals surface area contributed by atoms with Gasteiger partial charge in [-0.3, -0.25) is 13.8 Å². The Morgan fingerprint density at radius 1 is 1.14 bits per heavy atom. The SMILES string of the molecule is CC(C)(C)OP(=O)(OCOc1cc(CC(N)C(=O)O)ccc1O)OC(C)(C)C. The summed E-state index contributed by atoms with van der Waals surface area (Å²) in [5.41, 5.74) is 4.47. The van der Waals surface area contributed by atoms with Crippen molar-refractivity contribution in [3.63, 3.8) is 0 Å². The van der Waals surface area contributed by atoms with Crippen molar-refractivity contribution in [1.29, 1.82) is 0 Å². The van der Waals surface area contributed by atoms with Crippen molar-refractivity contribution in [2.24, 2.45) is 5.73 Å². The number of phenolic OH excluding ortho intramolecular Hbond substituents is 1. The first-order valence-electron chi connectivity index (χ1n) is 8.69. The van der Waals surface area contributed by atoms with Gasteiger partial charge in [0.15, 0.2) is 11.5 Å². The molecule has 0 aliphatic rings. The number of hydrogen-bond acceptors (Lipinski definition) is 8. The Morgan fingerprint density at radius 2 is 1.68 bits per heavy atom. The van der Waals surface area contributed by atoms with Crippen LogP contribution in [0.3, 0.4) is 0 Å². The van der Waals surface area contributed by atoms with Crippen LogP contribution in [0.15, 0.2) is 18.2 Å². The molecular formula is C18H30NO8P. The minimum atomic E-state index is -3.97. The fourth-order valence-electron chi connectivity index (χ4n) is 2.04. The smallest absolute Gasteiger partial charge is 0.478 e. The van der Waals surface area contributed by atoms with Crippen LogP contribution in [0.5, 0.6) is 11.5 Å². The summed E-state index contributed by atoms with van der Waals surface area (Å²) in [5.74, 6) is -1.31. The van der Waals surface area contributed by atoms with Crippen molar-refractivity contribution in [2.75, 3.05) is 6.79 Å². The predicted octanol–water partition coefficient (Wildman–Crippen LogP) is 3.44. The molecule has 4 N–H and O–H groups in total. The van der Waals surface area contributed by atoms with E-state index >= 15 is 0 Å². The molecule has 0 heterocycles. The number of phosphoric acid groups is 1. The van der Waals surface area contributed by atoms with Crippen molar-refractivity contribution in [3.05, 3.63) is 23.8 Å². The number of phosphoric ester groups is 1. The van der Waals surface area contributed by atoms with Crippen LogP contribution in [0.1, 0.15) is 47.1 Å². The van der Waals surface area contributed by atoms with E-state index in [9.17, 15) is 14.5 Å². The number of carboxylic acids is 1. The van der Waals surface area contributed by atoms with Gasteiger partial charge in [-0.2, -0.15) is 0 Å². The van der Waals surface area contributed by atoms with Gasteiger partial charge in [-0.05, 0) is 65.7 Å². The third-order valence-electron chi connectivity index (χ3n) is 2.99. The van der Waals surface area contributed by atoms with Gasteiger partial charge < -0.3 is 20.7 Å². The summed E-state index contributed by atoms with van der Waals surface area (Å²) in [5, 5.41) is 18.8. The quantitative estimate of drug-likeness (QED) is 0.406. The summed E-state index contributed by atoms with van der Waals surface area (Å²) >= 11 is 0. The van der Waals surface area contributed by atoms with E-state index in [1.165, 1.54) is 18.2 Å². The number of aromatic hydroxyl groups is 1. The predicted molar refractivity (Wildman–Crippen MR) is 103 cm³/mol. The van der Waals surface area contributed by atoms with Gasteiger partial charge >= 0.3 is 13.8 Å². The summed E-state index contributed by atoms with van der Waals surface area (Å²) in [6.07, 6.45) is 0.0472. The maximum atomic E-state index is 12.9. The lowest BCUT2D eigenvalue weighted by molar-refractivity contribution is -0.138. The fourth-order valence-corrected chi connectivity index (χ4v) is 3.71. The second kappa shape index (κ2) is 9.24.